The molecule has 0 saturated carbocycles. The number of hydrogen-bond acceptors (Lipinski definition) is 6. The van der Waals surface area contributed by atoms with Gasteiger partial charge in [0.2, 0.25) is 5.78 Å². The van der Waals surface area contributed by atoms with Crippen LogP contribution in [-0.2, 0) is 9.59 Å². The van der Waals surface area contributed by atoms with Crippen LogP contribution in [0.5, 0.6) is 5.75 Å². The van der Waals surface area contributed by atoms with Crippen LogP contribution in [0.4, 0.5) is 17.1 Å². The molecule has 0 aromatic heterocycles. The minimum Gasteiger partial charge on any atom is -0.507 e. The summed E-state index contributed by atoms with van der Waals surface area (Å²) < 4.78 is 0. The molecule has 0 spiro atoms. The molecule has 2 aliphatic rings. The van der Waals surface area contributed by atoms with Crippen LogP contribution in [0.15, 0.2) is 108 Å². The standard InChI is InChI=1S/C32H28N2O4/c1-19-5-9-21(10-6-19)33(3)23-13-15-25(27(35)17-23)29-31(37)30(32(29)38)26-16-14-24(18-28(26)36)34(4)22-11-7-20(2)8-12-22/h5-18,35,37H,1-4H3/b30-26-. The Balaban J connectivity index is 1.40. The number of aryl methyl sites for hydroxylation is 2. The number of anilines is 3. The zero-order valence-electron chi connectivity index (χ0n) is 21.7. The van der Waals surface area contributed by atoms with E-state index in [1.807, 2.05) is 86.3 Å². The van der Waals surface area contributed by atoms with Gasteiger partial charge < -0.3 is 20.0 Å². The second-order valence-electron chi connectivity index (χ2n) is 9.60. The molecule has 0 aliphatic heterocycles. The number of aromatic hydroxyl groups is 1. The number of rotatable bonds is 5. The van der Waals surface area contributed by atoms with Crippen molar-refractivity contribution >= 4 is 34.2 Å². The Morgan fingerprint density at radius 1 is 0.658 bits per heavy atom. The fourth-order valence-electron chi connectivity index (χ4n) is 4.60. The monoisotopic (exact) mass is 504 g/mol. The minimum atomic E-state index is -0.478. The van der Waals surface area contributed by atoms with E-state index in [2.05, 4.69) is 0 Å². The highest BCUT2D eigenvalue weighted by Gasteiger charge is 2.39. The summed E-state index contributed by atoms with van der Waals surface area (Å²) in [5.74, 6) is -1.27. The van der Waals surface area contributed by atoms with E-state index >= 15 is 0 Å². The van der Waals surface area contributed by atoms with Crippen molar-refractivity contribution in [3.05, 3.63) is 124 Å². The molecule has 0 radical (unpaired) electrons. The lowest BCUT2D eigenvalue weighted by molar-refractivity contribution is -0.114. The minimum absolute atomic E-state index is 0.00212. The normalized spacial score (nSPS) is 16.9. The third kappa shape index (κ3) is 4.30. The smallest absolute Gasteiger partial charge is 0.202 e. The maximum absolute atomic E-state index is 13.1. The number of nitrogens with zero attached hydrogens (tertiary/aromatic N) is 2. The second kappa shape index (κ2) is 9.56. The number of phenolic OH excluding ortho intramolecular Hbond substituents is 1. The van der Waals surface area contributed by atoms with Crippen molar-refractivity contribution < 1.29 is 19.8 Å². The van der Waals surface area contributed by atoms with Gasteiger partial charge in [0.05, 0.1) is 11.1 Å². The van der Waals surface area contributed by atoms with E-state index in [0.717, 1.165) is 28.2 Å². The van der Waals surface area contributed by atoms with Gasteiger partial charge in [-0.3, -0.25) is 9.59 Å². The SMILES string of the molecule is Cc1ccc(N(C)C2=CC(=O)/C(=C3\C(=O)C(c4ccc(N(C)c5ccc(C)cc5)cc4O)=C3O)C=C2)cc1. The van der Waals surface area contributed by atoms with E-state index in [1.165, 1.54) is 6.08 Å². The molecule has 2 aliphatic carbocycles. The van der Waals surface area contributed by atoms with Crippen LogP contribution in [0, 0.1) is 13.8 Å². The molecular weight excluding hydrogens is 476 g/mol. The first-order valence-electron chi connectivity index (χ1n) is 12.3. The molecule has 0 amide bonds. The average Bonchev–Trinajstić information content (AvgIpc) is 2.91. The first kappa shape index (κ1) is 24.8. The molecule has 6 heteroatoms. The van der Waals surface area contributed by atoms with Gasteiger partial charge in [0.15, 0.2) is 5.78 Å². The van der Waals surface area contributed by atoms with Gasteiger partial charge in [-0.15, -0.1) is 0 Å². The van der Waals surface area contributed by atoms with Gasteiger partial charge in [0.25, 0.3) is 0 Å². The Bertz CT molecular complexity index is 1590. The van der Waals surface area contributed by atoms with Gasteiger partial charge in [0, 0.05) is 60.1 Å². The molecule has 2 N–H and O–H groups in total. The average molecular weight is 505 g/mol. The van der Waals surface area contributed by atoms with Crippen LogP contribution < -0.4 is 9.80 Å². The zero-order valence-corrected chi connectivity index (χ0v) is 21.7. The molecule has 0 bridgehead atoms. The Morgan fingerprint density at radius 2 is 1.21 bits per heavy atom. The van der Waals surface area contributed by atoms with Crippen LogP contribution in [0.1, 0.15) is 16.7 Å². The van der Waals surface area contributed by atoms with Gasteiger partial charge in [-0.25, -0.2) is 0 Å². The van der Waals surface area contributed by atoms with Crippen LogP contribution in [0.25, 0.3) is 5.57 Å². The van der Waals surface area contributed by atoms with Crippen molar-refractivity contribution in [1.82, 2.24) is 0 Å². The van der Waals surface area contributed by atoms with Crippen molar-refractivity contribution in [2.75, 3.05) is 23.9 Å². The summed E-state index contributed by atoms with van der Waals surface area (Å²) in [6.07, 6.45) is 4.76. The number of allylic oxidation sites excluding steroid dienone is 6. The van der Waals surface area contributed by atoms with Crippen LogP contribution in [0.2, 0.25) is 0 Å². The highest BCUT2D eigenvalue weighted by atomic mass is 16.3. The Labute approximate surface area is 221 Å². The molecule has 5 rings (SSSR count). The predicted molar refractivity (Wildman–Crippen MR) is 151 cm³/mol. The largest absolute Gasteiger partial charge is 0.507 e. The summed E-state index contributed by atoms with van der Waals surface area (Å²) in [7, 11) is 3.74. The Kier molecular flexibility index (Phi) is 6.25. The number of aliphatic hydroxyl groups is 1. The third-order valence-corrected chi connectivity index (χ3v) is 7.03. The fourth-order valence-corrected chi connectivity index (χ4v) is 4.60. The molecule has 38 heavy (non-hydrogen) atoms. The first-order chi connectivity index (χ1) is 18.2. The fraction of sp³-hybridized carbons (Fsp3) is 0.125. The lowest BCUT2D eigenvalue weighted by atomic mass is 9.79. The molecule has 0 saturated heterocycles. The number of aliphatic hydroxyl groups excluding tert-OH is 1. The van der Waals surface area contributed by atoms with Crippen molar-refractivity contribution in [3.63, 3.8) is 0 Å². The lowest BCUT2D eigenvalue weighted by Crippen LogP contribution is -2.26. The summed E-state index contributed by atoms with van der Waals surface area (Å²) in [6, 6.07) is 20.8. The van der Waals surface area contributed by atoms with Crippen molar-refractivity contribution in [3.8, 4) is 5.75 Å². The molecule has 3 aromatic rings. The van der Waals surface area contributed by atoms with Crippen LogP contribution in [-0.4, -0.2) is 35.9 Å². The second-order valence-corrected chi connectivity index (χ2v) is 9.60. The van der Waals surface area contributed by atoms with Gasteiger partial charge in [-0.1, -0.05) is 35.4 Å². The van der Waals surface area contributed by atoms with Crippen molar-refractivity contribution in [1.29, 1.82) is 0 Å². The summed E-state index contributed by atoms with van der Waals surface area (Å²) >= 11 is 0. The number of carbonyl (C=O) groups is 2. The van der Waals surface area contributed by atoms with E-state index < -0.39 is 5.78 Å². The topological polar surface area (TPSA) is 81.1 Å². The molecule has 3 aromatic carbocycles. The molecular formula is C32H28N2O4. The van der Waals surface area contributed by atoms with Gasteiger partial charge in [-0.05, 0) is 62.4 Å². The number of likely N-dealkylation sites (N-methyl/N-ethyl adjacent to an activating group) is 1. The number of hydrogen-bond donors (Lipinski definition) is 2. The summed E-state index contributed by atoms with van der Waals surface area (Å²) in [5.41, 5.74) is 5.87. The molecule has 6 nitrogen and oxygen atoms in total. The quantitative estimate of drug-likeness (QED) is 0.410. The lowest BCUT2D eigenvalue weighted by Gasteiger charge is -2.27. The molecule has 0 fully saturated rings. The summed E-state index contributed by atoms with van der Waals surface area (Å²) in [6.45, 7) is 4.02. The molecule has 0 heterocycles. The van der Waals surface area contributed by atoms with E-state index in [0.29, 0.717) is 5.70 Å². The van der Waals surface area contributed by atoms with Crippen LogP contribution >= 0.6 is 0 Å². The number of benzene rings is 3. The zero-order chi connectivity index (χ0) is 27.1. The predicted octanol–water partition coefficient (Wildman–Crippen LogP) is 6.08. The molecule has 190 valence electrons. The maximum atomic E-state index is 13.1. The van der Waals surface area contributed by atoms with E-state index in [9.17, 15) is 19.8 Å². The highest BCUT2D eigenvalue weighted by molar-refractivity contribution is 6.41. The number of phenols is 1. The number of ketones is 2. The van der Waals surface area contributed by atoms with E-state index in [1.54, 1.807) is 30.4 Å². The Hall–Kier alpha value is -4.84. The maximum Gasteiger partial charge on any atom is 0.202 e. The van der Waals surface area contributed by atoms with Crippen molar-refractivity contribution in [2.24, 2.45) is 0 Å². The summed E-state index contributed by atoms with van der Waals surface area (Å²) in [4.78, 5) is 29.8. The van der Waals surface area contributed by atoms with Gasteiger partial charge in [0.1, 0.15) is 11.5 Å². The summed E-state index contributed by atoms with van der Waals surface area (Å²) in [5, 5.41) is 21.5. The number of carbonyl (C=O) groups excluding carboxylic acids is 2. The Morgan fingerprint density at radius 3 is 1.74 bits per heavy atom. The van der Waals surface area contributed by atoms with Gasteiger partial charge >= 0.3 is 0 Å². The highest BCUT2D eigenvalue weighted by Crippen LogP contribution is 2.43. The van der Waals surface area contributed by atoms with Gasteiger partial charge in [-0.2, -0.15) is 0 Å². The first-order valence-corrected chi connectivity index (χ1v) is 12.3. The van der Waals surface area contributed by atoms with E-state index in [-0.39, 0.29) is 39.6 Å². The molecule has 0 atom stereocenters. The van der Waals surface area contributed by atoms with Crippen molar-refractivity contribution in [2.45, 2.75) is 13.8 Å². The third-order valence-electron chi connectivity index (χ3n) is 7.03. The molecule has 0 unspecified atom stereocenters. The number of Topliss-reactive ketones (excluding diaryl/α,β-unsaturated/α-hetero) is 1. The van der Waals surface area contributed by atoms with E-state index in [4.69, 9.17) is 0 Å². The van der Waals surface area contributed by atoms with Crippen LogP contribution in [0.3, 0.4) is 0 Å².